The van der Waals surface area contributed by atoms with Gasteiger partial charge in [0.15, 0.2) is 0 Å². The largest absolute Gasteiger partial charge is 0.461 e. The Morgan fingerprint density at radius 1 is 1.19 bits per heavy atom. The molecule has 8 nitrogen and oxygen atoms in total. The molecule has 32 heavy (non-hydrogen) atoms. The highest BCUT2D eigenvalue weighted by atomic mass is 35.5. The Morgan fingerprint density at radius 2 is 1.94 bits per heavy atom. The first-order chi connectivity index (χ1) is 15.2. The van der Waals surface area contributed by atoms with Gasteiger partial charge in [0.1, 0.15) is 5.69 Å². The van der Waals surface area contributed by atoms with Crippen molar-refractivity contribution in [2.24, 2.45) is 5.73 Å². The summed E-state index contributed by atoms with van der Waals surface area (Å²) in [5, 5.41) is 3.63. The molecule has 0 bridgehead atoms. The molecule has 4 N–H and O–H groups in total. The van der Waals surface area contributed by atoms with Crippen LogP contribution in [0.5, 0.6) is 0 Å². The van der Waals surface area contributed by atoms with Crippen molar-refractivity contribution in [1.82, 2.24) is 4.98 Å². The number of H-pyrrole nitrogens is 1. The molecule has 2 aromatic carbocycles. The first-order valence-corrected chi connectivity index (χ1v) is 10.2. The van der Waals surface area contributed by atoms with Gasteiger partial charge in [0.05, 0.1) is 18.7 Å². The van der Waals surface area contributed by atoms with Crippen LogP contribution in [0.25, 0.3) is 22.6 Å². The fourth-order valence-corrected chi connectivity index (χ4v) is 3.75. The second-order valence-corrected chi connectivity index (χ2v) is 7.41. The number of carbonyl (C=O) groups excluding carboxylic acids is 3. The summed E-state index contributed by atoms with van der Waals surface area (Å²) in [6, 6.07) is 9.56. The minimum absolute atomic E-state index is 0.0796. The Balaban J connectivity index is 2.23. The normalized spacial score (nSPS) is 11.3. The first-order valence-electron chi connectivity index (χ1n) is 9.39. The lowest BCUT2D eigenvalue weighted by Crippen LogP contribution is -2.14. The number of anilines is 1. The number of aromatic nitrogens is 1. The van der Waals surface area contributed by atoms with E-state index in [0.717, 1.165) is 0 Å². The molecule has 0 spiro atoms. The number of halogens is 2. The smallest absolute Gasteiger partial charge is 0.411 e. The molecule has 0 fully saturated rings. The number of benzene rings is 2. The van der Waals surface area contributed by atoms with Crippen molar-refractivity contribution in [3.05, 3.63) is 63.3 Å². The number of ether oxygens (including phenoxy) is 2. The predicted molar refractivity (Wildman–Crippen MR) is 124 cm³/mol. The number of nitrogens with two attached hydrogens (primary N) is 1. The molecular formula is C22H19Cl2N3O5. The summed E-state index contributed by atoms with van der Waals surface area (Å²) in [6.45, 7) is 1.82. The van der Waals surface area contributed by atoms with Gasteiger partial charge in [-0.2, -0.15) is 0 Å². The van der Waals surface area contributed by atoms with Crippen LogP contribution in [-0.2, 0) is 14.3 Å². The fourth-order valence-electron chi connectivity index (χ4n) is 3.16. The maximum absolute atomic E-state index is 12.6. The summed E-state index contributed by atoms with van der Waals surface area (Å²) >= 11 is 12.5. The highest BCUT2D eigenvalue weighted by molar-refractivity contribution is 6.39. The second kappa shape index (κ2) is 9.76. The summed E-state index contributed by atoms with van der Waals surface area (Å²) < 4.78 is 9.72. The monoisotopic (exact) mass is 475 g/mol. The molecule has 1 heterocycles. The number of fused-ring (bicyclic) bond motifs is 1. The van der Waals surface area contributed by atoms with E-state index >= 15 is 0 Å². The lowest BCUT2D eigenvalue weighted by Gasteiger charge is -2.09. The number of carbonyl (C=O) groups is 3. The molecule has 1 aromatic heterocycles. The van der Waals surface area contributed by atoms with Crippen LogP contribution in [0.15, 0.2) is 36.4 Å². The Bertz CT molecular complexity index is 1250. The van der Waals surface area contributed by atoms with Gasteiger partial charge in [0, 0.05) is 32.7 Å². The highest BCUT2D eigenvalue weighted by Crippen LogP contribution is 2.35. The molecule has 0 saturated carbocycles. The third-order valence-corrected chi connectivity index (χ3v) is 5.01. The molecule has 0 unspecified atom stereocenters. The average molecular weight is 476 g/mol. The van der Waals surface area contributed by atoms with Gasteiger partial charge in [-0.3, -0.25) is 10.1 Å². The quantitative estimate of drug-likeness (QED) is 0.347. The Kier molecular flexibility index (Phi) is 7.07. The number of hydrogen-bond acceptors (Lipinski definition) is 5. The van der Waals surface area contributed by atoms with Gasteiger partial charge in [-0.25, -0.2) is 9.59 Å². The van der Waals surface area contributed by atoms with Crippen LogP contribution in [0.2, 0.25) is 10.0 Å². The molecule has 0 atom stereocenters. The summed E-state index contributed by atoms with van der Waals surface area (Å²) in [5.41, 5.74) is 7.42. The van der Waals surface area contributed by atoms with Crippen molar-refractivity contribution >= 4 is 69.4 Å². The van der Waals surface area contributed by atoms with E-state index in [1.54, 1.807) is 37.3 Å². The number of amides is 2. The van der Waals surface area contributed by atoms with Crippen molar-refractivity contribution < 1.29 is 23.9 Å². The van der Waals surface area contributed by atoms with E-state index in [2.05, 4.69) is 15.0 Å². The van der Waals surface area contributed by atoms with E-state index in [1.165, 1.54) is 19.3 Å². The van der Waals surface area contributed by atoms with E-state index in [1.807, 2.05) is 0 Å². The van der Waals surface area contributed by atoms with Crippen molar-refractivity contribution in [2.75, 3.05) is 19.0 Å². The maximum atomic E-state index is 12.6. The van der Waals surface area contributed by atoms with Crippen LogP contribution >= 0.6 is 23.2 Å². The standard InChI is InChI=1S/C22H19Cl2N3O5/c1-3-32-21(29)19-15(18-16(24)8-12(23)9-17(18)27-19)10-14(20(25)28)11-5-4-6-13(7-11)26-22(30)31-2/h4-10,27H,3H2,1-2H3,(H2,25,28)(H,26,30)/b14-10-. The second-order valence-electron chi connectivity index (χ2n) is 6.56. The molecule has 0 saturated heterocycles. The Morgan fingerprint density at radius 3 is 2.59 bits per heavy atom. The van der Waals surface area contributed by atoms with Crippen LogP contribution < -0.4 is 11.1 Å². The number of nitrogens with one attached hydrogen (secondary N) is 2. The number of aromatic amines is 1. The van der Waals surface area contributed by atoms with Crippen LogP contribution in [0, 0.1) is 0 Å². The van der Waals surface area contributed by atoms with Gasteiger partial charge in [-0.1, -0.05) is 35.3 Å². The summed E-state index contributed by atoms with van der Waals surface area (Å²) in [6.07, 6.45) is 0.779. The minimum Gasteiger partial charge on any atom is -0.461 e. The van der Waals surface area contributed by atoms with Crippen LogP contribution in [-0.4, -0.2) is 36.7 Å². The van der Waals surface area contributed by atoms with Gasteiger partial charge < -0.3 is 20.2 Å². The number of rotatable bonds is 6. The highest BCUT2D eigenvalue weighted by Gasteiger charge is 2.22. The van der Waals surface area contributed by atoms with E-state index in [0.29, 0.717) is 32.7 Å². The molecule has 3 aromatic rings. The molecule has 2 amide bonds. The van der Waals surface area contributed by atoms with Gasteiger partial charge in [-0.05, 0) is 42.8 Å². The van der Waals surface area contributed by atoms with Gasteiger partial charge in [-0.15, -0.1) is 0 Å². The molecule has 0 aliphatic rings. The summed E-state index contributed by atoms with van der Waals surface area (Å²) in [7, 11) is 1.23. The molecule has 0 aliphatic heterocycles. The molecular weight excluding hydrogens is 457 g/mol. The van der Waals surface area contributed by atoms with Gasteiger partial charge in [0.25, 0.3) is 0 Å². The van der Waals surface area contributed by atoms with E-state index in [-0.39, 0.29) is 22.9 Å². The molecule has 10 heteroatoms. The summed E-state index contributed by atoms with van der Waals surface area (Å²) in [5.74, 6) is -1.39. The molecule has 3 rings (SSSR count). The van der Waals surface area contributed by atoms with Crippen molar-refractivity contribution in [2.45, 2.75) is 6.92 Å². The lowest BCUT2D eigenvalue weighted by molar-refractivity contribution is -0.112. The Labute approximate surface area is 193 Å². The van der Waals surface area contributed by atoms with E-state index < -0.39 is 18.0 Å². The zero-order chi connectivity index (χ0) is 23.4. The molecule has 166 valence electrons. The molecule has 0 aliphatic carbocycles. The molecule has 0 radical (unpaired) electrons. The minimum atomic E-state index is -0.755. The SMILES string of the molecule is CCOC(=O)c1[nH]c2cc(Cl)cc(Cl)c2c1/C=C(\C(N)=O)c1cccc(NC(=O)OC)c1. The van der Waals surface area contributed by atoms with Gasteiger partial charge >= 0.3 is 12.1 Å². The Hall–Kier alpha value is -3.49. The van der Waals surface area contributed by atoms with Crippen molar-refractivity contribution in [3.63, 3.8) is 0 Å². The number of hydrogen-bond donors (Lipinski definition) is 3. The first kappa shape index (κ1) is 23.2. The van der Waals surface area contributed by atoms with Crippen LogP contribution in [0.1, 0.15) is 28.5 Å². The lowest BCUT2D eigenvalue weighted by atomic mass is 10.00. The van der Waals surface area contributed by atoms with Gasteiger partial charge in [0.2, 0.25) is 5.91 Å². The maximum Gasteiger partial charge on any atom is 0.411 e. The fraction of sp³-hybridized carbons (Fsp3) is 0.136. The predicted octanol–water partition coefficient (Wildman–Crippen LogP) is 4.86. The number of methoxy groups -OCH3 is 1. The summed E-state index contributed by atoms with van der Waals surface area (Å²) in [4.78, 5) is 39.4. The van der Waals surface area contributed by atoms with Crippen LogP contribution in [0.4, 0.5) is 10.5 Å². The topological polar surface area (TPSA) is 124 Å². The van der Waals surface area contributed by atoms with Crippen molar-refractivity contribution in [1.29, 1.82) is 0 Å². The third-order valence-electron chi connectivity index (χ3n) is 4.49. The van der Waals surface area contributed by atoms with Crippen molar-refractivity contribution in [3.8, 4) is 0 Å². The third kappa shape index (κ3) is 4.87. The zero-order valence-electron chi connectivity index (χ0n) is 17.1. The van der Waals surface area contributed by atoms with E-state index in [4.69, 9.17) is 33.7 Å². The average Bonchev–Trinajstić information content (AvgIpc) is 3.10. The number of esters is 1. The zero-order valence-corrected chi connectivity index (χ0v) is 18.6. The van der Waals surface area contributed by atoms with Crippen LogP contribution in [0.3, 0.4) is 0 Å². The number of primary amides is 1. The van der Waals surface area contributed by atoms with E-state index in [9.17, 15) is 14.4 Å².